The molecule has 1 aromatic rings. The van der Waals surface area contributed by atoms with Gasteiger partial charge < -0.3 is 0 Å². The molecule has 0 aliphatic rings. The lowest BCUT2D eigenvalue weighted by Crippen LogP contribution is -1.93. The van der Waals surface area contributed by atoms with E-state index in [1.807, 2.05) is 0 Å². The predicted molar refractivity (Wildman–Crippen MR) is 56.4 cm³/mol. The van der Waals surface area contributed by atoms with Crippen LogP contribution < -0.4 is 0 Å². The van der Waals surface area contributed by atoms with Crippen molar-refractivity contribution < 1.29 is 4.79 Å². The van der Waals surface area contributed by atoms with Gasteiger partial charge in [-0.15, -0.1) is 5.10 Å². The van der Waals surface area contributed by atoms with Gasteiger partial charge in [-0.2, -0.15) is 0 Å². The molecule has 0 saturated carbocycles. The molecule has 0 aromatic carbocycles. The highest BCUT2D eigenvalue weighted by molar-refractivity contribution is 7.99. The molecule has 0 aliphatic carbocycles. The number of nitrogens with zero attached hydrogens (tertiary/aromatic N) is 2. The first-order valence-corrected chi connectivity index (χ1v) is 5.74. The Morgan fingerprint density at radius 2 is 2.36 bits per heavy atom. The van der Waals surface area contributed by atoms with Gasteiger partial charge in [0.15, 0.2) is 0 Å². The first-order valence-electron chi connectivity index (χ1n) is 4.76. The summed E-state index contributed by atoms with van der Waals surface area (Å²) in [5.74, 6) is 1.51. The van der Waals surface area contributed by atoms with Gasteiger partial charge in [0, 0.05) is 6.42 Å². The van der Waals surface area contributed by atoms with Crippen molar-refractivity contribution in [3.05, 3.63) is 5.82 Å². The molecule has 0 saturated heterocycles. The largest absolute Gasteiger partial charge is 0.299 e. The summed E-state index contributed by atoms with van der Waals surface area (Å²) >= 11 is 1.38. The molecule has 0 atom stereocenters. The second kappa shape index (κ2) is 5.80. The number of rotatable bonds is 6. The molecule has 78 valence electrons. The molecule has 5 heteroatoms. The first kappa shape index (κ1) is 11.2. The SMILES string of the molecule is CCCCc1nc(SCC(C)=O)n[nH]1. The average molecular weight is 213 g/mol. The van der Waals surface area contributed by atoms with Crippen molar-refractivity contribution in [2.24, 2.45) is 0 Å². The number of aryl methyl sites for hydroxylation is 1. The zero-order valence-electron chi connectivity index (χ0n) is 8.54. The first-order chi connectivity index (χ1) is 6.72. The van der Waals surface area contributed by atoms with Gasteiger partial charge in [-0.25, -0.2) is 4.98 Å². The lowest BCUT2D eigenvalue weighted by Gasteiger charge is -1.91. The molecule has 0 unspecified atom stereocenters. The normalized spacial score (nSPS) is 10.4. The Morgan fingerprint density at radius 3 is 3.00 bits per heavy atom. The number of H-pyrrole nitrogens is 1. The van der Waals surface area contributed by atoms with Crippen molar-refractivity contribution >= 4 is 17.5 Å². The van der Waals surface area contributed by atoms with Gasteiger partial charge in [0.2, 0.25) is 5.16 Å². The second-order valence-electron chi connectivity index (χ2n) is 3.16. The van der Waals surface area contributed by atoms with E-state index in [1.54, 1.807) is 6.92 Å². The quantitative estimate of drug-likeness (QED) is 0.732. The lowest BCUT2D eigenvalue weighted by molar-refractivity contribution is -0.114. The van der Waals surface area contributed by atoms with E-state index in [0.29, 0.717) is 10.9 Å². The number of aromatic amines is 1. The van der Waals surface area contributed by atoms with Crippen LogP contribution in [-0.4, -0.2) is 26.7 Å². The van der Waals surface area contributed by atoms with Crippen LogP contribution in [0.3, 0.4) is 0 Å². The van der Waals surface area contributed by atoms with Crippen molar-refractivity contribution in [1.82, 2.24) is 15.2 Å². The number of ketones is 1. The smallest absolute Gasteiger partial charge is 0.208 e. The van der Waals surface area contributed by atoms with Crippen molar-refractivity contribution in [3.8, 4) is 0 Å². The standard InChI is InChI=1S/C9H15N3OS/c1-3-4-5-8-10-9(12-11-8)14-6-7(2)13/h3-6H2,1-2H3,(H,10,11,12). The number of thioether (sulfide) groups is 1. The number of hydrogen-bond donors (Lipinski definition) is 1. The zero-order valence-corrected chi connectivity index (χ0v) is 9.36. The van der Waals surface area contributed by atoms with E-state index in [4.69, 9.17) is 0 Å². The highest BCUT2D eigenvalue weighted by Crippen LogP contribution is 2.12. The van der Waals surface area contributed by atoms with Crippen LogP contribution in [0.1, 0.15) is 32.5 Å². The summed E-state index contributed by atoms with van der Waals surface area (Å²) in [6.07, 6.45) is 3.20. The van der Waals surface area contributed by atoms with Gasteiger partial charge >= 0.3 is 0 Å². The summed E-state index contributed by atoms with van der Waals surface area (Å²) in [7, 11) is 0. The fourth-order valence-corrected chi connectivity index (χ4v) is 1.58. The maximum absolute atomic E-state index is 10.7. The third-order valence-electron chi connectivity index (χ3n) is 1.68. The van der Waals surface area contributed by atoms with Crippen LogP contribution in [0.15, 0.2) is 5.16 Å². The minimum absolute atomic E-state index is 0.148. The molecule has 0 fully saturated rings. The van der Waals surface area contributed by atoms with Crippen LogP contribution in [0.2, 0.25) is 0 Å². The topological polar surface area (TPSA) is 58.6 Å². The lowest BCUT2D eigenvalue weighted by atomic mass is 10.2. The Balaban J connectivity index is 2.38. The molecule has 4 nitrogen and oxygen atoms in total. The molecule has 14 heavy (non-hydrogen) atoms. The van der Waals surface area contributed by atoms with E-state index >= 15 is 0 Å². The van der Waals surface area contributed by atoms with Crippen LogP contribution in [0.4, 0.5) is 0 Å². The number of aromatic nitrogens is 3. The summed E-state index contributed by atoms with van der Waals surface area (Å²) in [6, 6.07) is 0. The molecule has 0 amide bonds. The van der Waals surface area contributed by atoms with Crippen molar-refractivity contribution in [3.63, 3.8) is 0 Å². The van der Waals surface area contributed by atoms with Crippen molar-refractivity contribution in [1.29, 1.82) is 0 Å². The molecule has 0 bridgehead atoms. The predicted octanol–water partition coefficient (Wildman–Crippen LogP) is 1.83. The van der Waals surface area contributed by atoms with Crippen LogP contribution in [0.25, 0.3) is 0 Å². The summed E-state index contributed by atoms with van der Waals surface area (Å²) in [5, 5.41) is 7.56. The average Bonchev–Trinajstić information content (AvgIpc) is 2.59. The molecule has 1 aromatic heterocycles. The minimum Gasteiger partial charge on any atom is -0.299 e. The fraction of sp³-hybridized carbons (Fsp3) is 0.667. The zero-order chi connectivity index (χ0) is 10.4. The third-order valence-corrected chi connectivity index (χ3v) is 2.67. The van der Waals surface area contributed by atoms with Gasteiger partial charge in [0.05, 0.1) is 5.75 Å². The van der Waals surface area contributed by atoms with Crippen LogP contribution in [0.5, 0.6) is 0 Å². The number of unbranched alkanes of at least 4 members (excludes halogenated alkanes) is 1. The summed E-state index contributed by atoms with van der Waals surface area (Å²) < 4.78 is 0. The monoisotopic (exact) mass is 213 g/mol. The van der Waals surface area contributed by atoms with E-state index in [-0.39, 0.29) is 5.78 Å². The summed E-state index contributed by atoms with van der Waals surface area (Å²) in [6.45, 7) is 3.71. The highest BCUT2D eigenvalue weighted by Gasteiger charge is 2.04. The third kappa shape index (κ3) is 3.91. The number of nitrogens with one attached hydrogen (secondary N) is 1. The Kier molecular flexibility index (Phi) is 4.65. The van der Waals surface area contributed by atoms with Gasteiger partial charge in [0.1, 0.15) is 11.6 Å². The van der Waals surface area contributed by atoms with E-state index in [1.165, 1.54) is 11.8 Å². The maximum Gasteiger partial charge on any atom is 0.208 e. The Hall–Kier alpha value is -0.840. The van der Waals surface area contributed by atoms with Crippen molar-refractivity contribution in [2.45, 2.75) is 38.3 Å². The Morgan fingerprint density at radius 1 is 1.57 bits per heavy atom. The molecule has 1 rings (SSSR count). The van der Waals surface area contributed by atoms with Crippen LogP contribution >= 0.6 is 11.8 Å². The Labute approximate surface area is 87.9 Å². The molecule has 1 heterocycles. The molecular formula is C9H15N3OS. The van der Waals surface area contributed by atoms with Gasteiger partial charge in [-0.05, 0) is 13.3 Å². The van der Waals surface area contributed by atoms with Crippen LogP contribution in [0, 0.1) is 0 Å². The maximum atomic E-state index is 10.7. The molecular weight excluding hydrogens is 198 g/mol. The highest BCUT2D eigenvalue weighted by atomic mass is 32.2. The van der Waals surface area contributed by atoms with Gasteiger partial charge in [-0.3, -0.25) is 9.89 Å². The van der Waals surface area contributed by atoms with Gasteiger partial charge in [0.25, 0.3) is 0 Å². The number of carbonyl (C=O) groups is 1. The summed E-state index contributed by atoms with van der Waals surface area (Å²) in [5.41, 5.74) is 0. The van der Waals surface area contributed by atoms with E-state index < -0.39 is 0 Å². The second-order valence-corrected chi connectivity index (χ2v) is 4.10. The number of carbonyl (C=O) groups excluding carboxylic acids is 1. The van der Waals surface area contributed by atoms with Crippen molar-refractivity contribution in [2.75, 3.05) is 5.75 Å². The fourth-order valence-electron chi connectivity index (χ4n) is 0.965. The van der Waals surface area contributed by atoms with E-state index in [2.05, 4.69) is 22.1 Å². The van der Waals surface area contributed by atoms with Gasteiger partial charge in [-0.1, -0.05) is 25.1 Å². The van der Waals surface area contributed by atoms with E-state index in [9.17, 15) is 4.79 Å². The molecule has 0 aliphatic heterocycles. The Bertz CT molecular complexity index is 298. The molecule has 1 N–H and O–H groups in total. The molecule has 0 radical (unpaired) electrons. The van der Waals surface area contributed by atoms with E-state index in [0.717, 1.165) is 25.1 Å². The number of Topliss-reactive ketones (excluding diaryl/α,β-unsaturated/α-hetero) is 1. The summed E-state index contributed by atoms with van der Waals surface area (Å²) in [4.78, 5) is 15.0. The van der Waals surface area contributed by atoms with Crippen LogP contribution in [-0.2, 0) is 11.2 Å². The minimum atomic E-state index is 0.148. The number of hydrogen-bond acceptors (Lipinski definition) is 4. The molecule has 0 spiro atoms.